The maximum Gasteiger partial charge on any atom is 0.243 e. The molecule has 2 aromatic rings. The van der Waals surface area contributed by atoms with Crippen LogP contribution in [0.15, 0.2) is 53.4 Å². The van der Waals surface area contributed by atoms with Crippen LogP contribution in [0.4, 0.5) is 0 Å². The van der Waals surface area contributed by atoms with Gasteiger partial charge in [0.15, 0.2) is 0 Å². The summed E-state index contributed by atoms with van der Waals surface area (Å²) in [5, 5.41) is 3.71. The minimum Gasteiger partial charge on any atom is -0.352 e. The summed E-state index contributed by atoms with van der Waals surface area (Å²) >= 11 is 7.41. The van der Waals surface area contributed by atoms with E-state index in [1.54, 1.807) is 4.90 Å². The van der Waals surface area contributed by atoms with Gasteiger partial charge in [-0.1, -0.05) is 49.7 Å². The number of thioether (sulfide) groups is 1. The van der Waals surface area contributed by atoms with Crippen molar-refractivity contribution in [3.8, 4) is 0 Å². The van der Waals surface area contributed by atoms with Crippen molar-refractivity contribution in [2.45, 2.75) is 64.1 Å². The molecular formula is C24H31ClN2O2S. The summed E-state index contributed by atoms with van der Waals surface area (Å²) < 4.78 is 0. The smallest absolute Gasteiger partial charge is 0.243 e. The number of rotatable bonds is 10. The van der Waals surface area contributed by atoms with Crippen molar-refractivity contribution in [2.24, 2.45) is 0 Å². The Morgan fingerprint density at radius 2 is 1.73 bits per heavy atom. The SMILES string of the molecule is CC[C@@H](C)NC(=O)[C@@H](CC)N(Cc1ccccc1C)C(=O)CSc1ccc(Cl)cc1. The fraction of sp³-hybridized carbons (Fsp3) is 0.417. The summed E-state index contributed by atoms with van der Waals surface area (Å²) in [5.74, 6) is 0.121. The molecule has 0 aliphatic rings. The van der Waals surface area contributed by atoms with E-state index < -0.39 is 6.04 Å². The highest BCUT2D eigenvalue weighted by Gasteiger charge is 2.29. The molecule has 2 rings (SSSR count). The predicted octanol–water partition coefficient (Wildman–Crippen LogP) is 5.46. The summed E-state index contributed by atoms with van der Waals surface area (Å²) in [6.07, 6.45) is 1.41. The van der Waals surface area contributed by atoms with Crippen LogP contribution in [0, 0.1) is 6.92 Å². The zero-order valence-electron chi connectivity index (χ0n) is 18.2. The van der Waals surface area contributed by atoms with Crippen LogP contribution in [-0.2, 0) is 16.1 Å². The first-order chi connectivity index (χ1) is 14.3. The van der Waals surface area contributed by atoms with E-state index in [0.29, 0.717) is 18.0 Å². The number of carbonyl (C=O) groups is 2. The molecule has 0 saturated carbocycles. The molecule has 4 nitrogen and oxygen atoms in total. The second-order valence-electron chi connectivity index (χ2n) is 7.43. The average molecular weight is 447 g/mol. The largest absolute Gasteiger partial charge is 0.352 e. The van der Waals surface area contributed by atoms with Crippen molar-refractivity contribution in [3.05, 3.63) is 64.7 Å². The van der Waals surface area contributed by atoms with Gasteiger partial charge < -0.3 is 10.2 Å². The Morgan fingerprint density at radius 3 is 2.33 bits per heavy atom. The van der Waals surface area contributed by atoms with Gasteiger partial charge in [-0.25, -0.2) is 0 Å². The lowest BCUT2D eigenvalue weighted by molar-refractivity contribution is -0.139. The topological polar surface area (TPSA) is 49.4 Å². The maximum atomic E-state index is 13.3. The van der Waals surface area contributed by atoms with Crippen LogP contribution in [0.1, 0.15) is 44.7 Å². The summed E-state index contributed by atoms with van der Waals surface area (Å²) in [6, 6.07) is 15.0. The van der Waals surface area contributed by atoms with E-state index in [1.807, 2.05) is 76.2 Å². The van der Waals surface area contributed by atoms with Crippen LogP contribution in [-0.4, -0.2) is 34.6 Å². The van der Waals surface area contributed by atoms with Gasteiger partial charge in [0.2, 0.25) is 11.8 Å². The van der Waals surface area contributed by atoms with Crippen molar-refractivity contribution in [1.29, 1.82) is 0 Å². The number of nitrogens with one attached hydrogen (secondary N) is 1. The van der Waals surface area contributed by atoms with E-state index in [1.165, 1.54) is 11.8 Å². The van der Waals surface area contributed by atoms with Gasteiger partial charge in [-0.2, -0.15) is 0 Å². The van der Waals surface area contributed by atoms with Crippen LogP contribution in [0.3, 0.4) is 0 Å². The second kappa shape index (κ2) is 12.0. The third-order valence-electron chi connectivity index (χ3n) is 5.16. The molecule has 0 fully saturated rings. The van der Waals surface area contributed by atoms with Gasteiger partial charge in [0.1, 0.15) is 6.04 Å². The van der Waals surface area contributed by atoms with Crippen LogP contribution < -0.4 is 5.32 Å². The van der Waals surface area contributed by atoms with E-state index in [2.05, 4.69) is 5.32 Å². The molecular weight excluding hydrogens is 416 g/mol. The minimum atomic E-state index is -0.503. The molecule has 0 unspecified atom stereocenters. The standard InChI is InChI=1S/C24H31ClN2O2S/c1-5-18(4)26-24(29)22(6-2)27(15-19-10-8-7-9-17(19)3)23(28)16-30-21-13-11-20(25)12-14-21/h7-14,18,22H,5-6,15-16H2,1-4H3,(H,26,29)/t18-,22-/m1/s1. The molecule has 0 bridgehead atoms. The van der Waals surface area contributed by atoms with Gasteiger partial charge in [0.25, 0.3) is 0 Å². The normalized spacial score (nSPS) is 12.8. The summed E-state index contributed by atoms with van der Waals surface area (Å²) in [4.78, 5) is 28.9. The molecule has 30 heavy (non-hydrogen) atoms. The first-order valence-corrected chi connectivity index (χ1v) is 11.7. The zero-order valence-corrected chi connectivity index (χ0v) is 19.7. The van der Waals surface area contributed by atoms with Crippen molar-refractivity contribution >= 4 is 35.2 Å². The molecule has 0 heterocycles. The summed E-state index contributed by atoms with van der Waals surface area (Å²) in [5.41, 5.74) is 2.16. The Morgan fingerprint density at radius 1 is 1.07 bits per heavy atom. The number of amides is 2. The second-order valence-corrected chi connectivity index (χ2v) is 8.92. The van der Waals surface area contributed by atoms with E-state index in [4.69, 9.17) is 11.6 Å². The number of hydrogen-bond acceptors (Lipinski definition) is 3. The molecule has 6 heteroatoms. The van der Waals surface area contributed by atoms with Gasteiger partial charge >= 0.3 is 0 Å². The van der Waals surface area contributed by atoms with E-state index >= 15 is 0 Å². The Hall–Kier alpha value is -1.98. The van der Waals surface area contributed by atoms with Crippen molar-refractivity contribution in [1.82, 2.24) is 10.2 Å². The highest BCUT2D eigenvalue weighted by Crippen LogP contribution is 2.23. The molecule has 2 amide bonds. The minimum absolute atomic E-state index is 0.0515. The highest BCUT2D eigenvalue weighted by atomic mass is 35.5. The number of carbonyl (C=O) groups excluding carboxylic acids is 2. The monoisotopic (exact) mass is 446 g/mol. The Balaban J connectivity index is 2.21. The van der Waals surface area contributed by atoms with E-state index in [-0.39, 0.29) is 23.6 Å². The molecule has 2 aromatic carbocycles. The van der Waals surface area contributed by atoms with Crippen molar-refractivity contribution in [3.63, 3.8) is 0 Å². The molecule has 0 aliphatic heterocycles. The lowest BCUT2D eigenvalue weighted by Crippen LogP contribution is -2.51. The first-order valence-electron chi connectivity index (χ1n) is 10.4. The van der Waals surface area contributed by atoms with Crippen molar-refractivity contribution in [2.75, 3.05) is 5.75 Å². The quantitative estimate of drug-likeness (QED) is 0.493. The fourth-order valence-electron chi connectivity index (χ4n) is 3.09. The van der Waals surface area contributed by atoms with Gasteiger partial charge in [0, 0.05) is 22.5 Å². The number of nitrogens with zero attached hydrogens (tertiary/aromatic N) is 1. The molecule has 0 spiro atoms. The van der Waals surface area contributed by atoms with Crippen LogP contribution in [0.25, 0.3) is 0 Å². The van der Waals surface area contributed by atoms with Crippen LogP contribution in [0.5, 0.6) is 0 Å². The van der Waals surface area contributed by atoms with Crippen LogP contribution >= 0.6 is 23.4 Å². The Kier molecular flexibility index (Phi) is 9.73. The molecule has 0 aliphatic carbocycles. The van der Waals surface area contributed by atoms with Gasteiger partial charge in [-0.05, 0) is 62.1 Å². The van der Waals surface area contributed by atoms with Gasteiger partial charge in [-0.3, -0.25) is 9.59 Å². The third-order valence-corrected chi connectivity index (χ3v) is 6.41. The summed E-state index contributed by atoms with van der Waals surface area (Å²) in [7, 11) is 0. The predicted molar refractivity (Wildman–Crippen MR) is 126 cm³/mol. The molecule has 1 N–H and O–H groups in total. The lowest BCUT2D eigenvalue weighted by atomic mass is 10.1. The van der Waals surface area contributed by atoms with E-state index in [0.717, 1.165) is 22.4 Å². The molecule has 2 atom stereocenters. The number of halogens is 1. The molecule has 162 valence electrons. The zero-order chi connectivity index (χ0) is 22.1. The molecule has 0 radical (unpaired) electrons. The third kappa shape index (κ3) is 7.06. The highest BCUT2D eigenvalue weighted by molar-refractivity contribution is 8.00. The Labute approximate surface area is 189 Å². The lowest BCUT2D eigenvalue weighted by Gasteiger charge is -2.32. The van der Waals surface area contributed by atoms with Crippen LogP contribution in [0.2, 0.25) is 5.02 Å². The maximum absolute atomic E-state index is 13.3. The first kappa shape index (κ1) is 24.3. The Bertz CT molecular complexity index is 841. The number of aryl methyl sites for hydroxylation is 1. The number of hydrogen-bond donors (Lipinski definition) is 1. The van der Waals surface area contributed by atoms with Crippen molar-refractivity contribution < 1.29 is 9.59 Å². The summed E-state index contributed by atoms with van der Waals surface area (Å²) in [6.45, 7) is 8.41. The number of benzene rings is 2. The van der Waals surface area contributed by atoms with Gasteiger partial charge in [-0.15, -0.1) is 11.8 Å². The van der Waals surface area contributed by atoms with Gasteiger partial charge in [0.05, 0.1) is 5.75 Å². The molecule has 0 aromatic heterocycles. The van der Waals surface area contributed by atoms with E-state index in [9.17, 15) is 9.59 Å². The fourth-order valence-corrected chi connectivity index (χ4v) is 4.00. The average Bonchev–Trinajstić information content (AvgIpc) is 2.74. The molecule has 0 saturated heterocycles.